The lowest BCUT2D eigenvalue weighted by atomic mass is 9.96. The SMILES string of the molecule is CCC(O)C1=CC=C(N2CCCC2=O)CC1. The lowest BCUT2D eigenvalue weighted by Gasteiger charge is -2.24. The number of carbonyl (C=O) groups is 1. The number of amides is 1. The van der Waals surface area contributed by atoms with Crippen LogP contribution >= 0.6 is 0 Å². The second kappa shape index (κ2) is 4.83. The molecule has 0 spiro atoms. The number of aliphatic hydroxyl groups excluding tert-OH is 1. The highest BCUT2D eigenvalue weighted by Crippen LogP contribution is 2.27. The minimum Gasteiger partial charge on any atom is -0.389 e. The van der Waals surface area contributed by atoms with Crippen molar-refractivity contribution in [3.8, 4) is 0 Å². The zero-order valence-corrected chi connectivity index (χ0v) is 9.78. The van der Waals surface area contributed by atoms with Crippen molar-refractivity contribution in [1.29, 1.82) is 0 Å². The summed E-state index contributed by atoms with van der Waals surface area (Å²) in [6.07, 6.45) is 7.86. The summed E-state index contributed by atoms with van der Waals surface area (Å²) in [5.41, 5.74) is 2.22. The first-order valence-electron chi connectivity index (χ1n) is 6.10. The normalized spacial score (nSPS) is 23.1. The third kappa shape index (κ3) is 2.19. The van der Waals surface area contributed by atoms with Crippen LogP contribution in [0.3, 0.4) is 0 Å². The van der Waals surface area contributed by atoms with Gasteiger partial charge in [0.05, 0.1) is 6.10 Å². The van der Waals surface area contributed by atoms with E-state index in [0.717, 1.165) is 43.5 Å². The maximum Gasteiger partial charge on any atom is 0.226 e. The maximum absolute atomic E-state index is 11.6. The second-order valence-electron chi connectivity index (χ2n) is 4.47. The monoisotopic (exact) mass is 221 g/mol. The van der Waals surface area contributed by atoms with Gasteiger partial charge < -0.3 is 10.0 Å². The fraction of sp³-hybridized carbons (Fsp3) is 0.615. The van der Waals surface area contributed by atoms with Crippen LogP contribution in [0, 0.1) is 0 Å². The molecule has 88 valence electrons. The van der Waals surface area contributed by atoms with Gasteiger partial charge in [-0.05, 0) is 37.3 Å². The number of nitrogens with zero attached hydrogens (tertiary/aromatic N) is 1. The van der Waals surface area contributed by atoms with Gasteiger partial charge in [-0.15, -0.1) is 0 Å². The van der Waals surface area contributed by atoms with Gasteiger partial charge in [-0.1, -0.05) is 13.0 Å². The molecular formula is C13H19NO2. The second-order valence-corrected chi connectivity index (χ2v) is 4.47. The van der Waals surface area contributed by atoms with Gasteiger partial charge in [-0.2, -0.15) is 0 Å². The third-order valence-corrected chi connectivity index (χ3v) is 3.39. The van der Waals surface area contributed by atoms with Crippen molar-refractivity contribution in [3.05, 3.63) is 23.4 Å². The number of carbonyl (C=O) groups excluding carboxylic acids is 1. The minimum atomic E-state index is -0.313. The first kappa shape index (κ1) is 11.4. The summed E-state index contributed by atoms with van der Waals surface area (Å²) in [4.78, 5) is 13.5. The molecule has 3 heteroatoms. The quantitative estimate of drug-likeness (QED) is 0.791. The average molecular weight is 221 g/mol. The molecule has 0 saturated carbocycles. The molecule has 0 aromatic rings. The van der Waals surface area contributed by atoms with Crippen molar-refractivity contribution >= 4 is 5.91 Å². The molecule has 0 bridgehead atoms. The molecule has 1 aliphatic carbocycles. The minimum absolute atomic E-state index is 0.249. The van der Waals surface area contributed by atoms with Crippen LogP contribution in [0.2, 0.25) is 0 Å². The fourth-order valence-electron chi connectivity index (χ4n) is 2.36. The zero-order valence-electron chi connectivity index (χ0n) is 9.78. The summed E-state index contributed by atoms with van der Waals surface area (Å²) in [5.74, 6) is 0.249. The lowest BCUT2D eigenvalue weighted by Crippen LogP contribution is -2.25. The molecule has 1 amide bonds. The van der Waals surface area contributed by atoms with E-state index in [1.807, 2.05) is 24.0 Å². The van der Waals surface area contributed by atoms with Crippen LogP contribution in [0.1, 0.15) is 39.0 Å². The van der Waals surface area contributed by atoms with E-state index in [4.69, 9.17) is 0 Å². The molecule has 1 N–H and O–H groups in total. The van der Waals surface area contributed by atoms with Gasteiger partial charge >= 0.3 is 0 Å². The van der Waals surface area contributed by atoms with E-state index >= 15 is 0 Å². The van der Waals surface area contributed by atoms with E-state index in [0.29, 0.717) is 6.42 Å². The van der Waals surface area contributed by atoms with Crippen LogP contribution < -0.4 is 0 Å². The largest absolute Gasteiger partial charge is 0.389 e. The molecule has 1 unspecified atom stereocenters. The summed E-state index contributed by atoms with van der Waals surface area (Å²) >= 11 is 0. The molecule has 0 aromatic carbocycles. The average Bonchev–Trinajstić information content (AvgIpc) is 2.75. The first-order valence-corrected chi connectivity index (χ1v) is 6.10. The van der Waals surface area contributed by atoms with E-state index in [9.17, 15) is 9.90 Å². The third-order valence-electron chi connectivity index (χ3n) is 3.39. The van der Waals surface area contributed by atoms with Crippen LogP contribution in [-0.4, -0.2) is 28.6 Å². The molecule has 2 rings (SSSR count). The van der Waals surface area contributed by atoms with Crippen LogP contribution in [0.15, 0.2) is 23.4 Å². The van der Waals surface area contributed by atoms with Gasteiger partial charge in [-0.25, -0.2) is 0 Å². The Balaban J connectivity index is 2.07. The molecule has 0 radical (unpaired) electrons. The Labute approximate surface area is 96.4 Å². The topological polar surface area (TPSA) is 40.5 Å². The van der Waals surface area contributed by atoms with E-state index in [1.165, 1.54) is 0 Å². The summed E-state index contributed by atoms with van der Waals surface area (Å²) in [6, 6.07) is 0. The van der Waals surface area contributed by atoms with E-state index in [2.05, 4.69) is 0 Å². The van der Waals surface area contributed by atoms with Gasteiger partial charge in [-0.3, -0.25) is 4.79 Å². The molecule has 2 aliphatic rings. The van der Waals surface area contributed by atoms with Crippen molar-refractivity contribution in [1.82, 2.24) is 4.90 Å². The Bertz CT molecular complexity index is 344. The van der Waals surface area contributed by atoms with E-state index in [-0.39, 0.29) is 12.0 Å². The molecule has 1 heterocycles. The van der Waals surface area contributed by atoms with Gasteiger partial charge in [0.2, 0.25) is 5.91 Å². The first-order chi connectivity index (χ1) is 7.72. The predicted molar refractivity (Wildman–Crippen MR) is 62.6 cm³/mol. The molecule has 1 saturated heterocycles. The van der Waals surface area contributed by atoms with E-state index < -0.39 is 0 Å². The van der Waals surface area contributed by atoms with Crippen molar-refractivity contribution in [2.45, 2.75) is 45.1 Å². The standard InChI is InChI=1S/C13H19NO2/c1-2-12(15)10-5-7-11(8-6-10)14-9-3-4-13(14)16/h5,7,12,15H,2-4,6,8-9H2,1H3. The van der Waals surface area contributed by atoms with Gasteiger partial charge in [0.25, 0.3) is 0 Å². The van der Waals surface area contributed by atoms with Crippen molar-refractivity contribution in [2.24, 2.45) is 0 Å². The van der Waals surface area contributed by atoms with Crippen LogP contribution in [0.4, 0.5) is 0 Å². The molecule has 0 aromatic heterocycles. The summed E-state index contributed by atoms with van der Waals surface area (Å²) in [5, 5.41) is 9.71. The highest BCUT2D eigenvalue weighted by atomic mass is 16.3. The Hall–Kier alpha value is -1.09. The number of allylic oxidation sites excluding steroid dienone is 3. The molecule has 1 aliphatic heterocycles. The molecule has 16 heavy (non-hydrogen) atoms. The fourth-order valence-corrected chi connectivity index (χ4v) is 2.36. The number of hydrogen-bond donors (Lipinski definition) is 1. The lowest BCUT2D eigenvalue weighted by molar-refractivity contribution is -0.126. The van der Waals surface area contributed by atoms with E-state index in [1.54, 1.807) is 0 Å². The smallest absolute Gasteiger partial charge is 0.226 e. The van der Waals surface area contributed by atoms with Crippen molar-refractivity contribution in [3.63, 3.8) is 0 Å². The van der Waals surface area contributed by atoms with Gasteiger partial charge in [0.15, 0.2) is 0 Å². The van der Waals surface area contributed by atoms with Crippen LogP contribution in [0.25, 0.3) is 0 Å². The number of rotatable bonds is 3. The summed E-state index contributed by atoms with van der Waals surface area (Å²) < 4.78 is 0. The number of aliphatic hydroxyl groups is 1. The molecule has 1 fully saturated rings. The van der Waals surface area contributed by atoms with Gasteiger partial charge in [0.1, 0.15) is 0 Å². The number of likely N-dealkylation sites (tertiary alicyclic amines) is 1. The van der Waals surface area contributed by atoms with Crippen molar-refractivity contribution < 1.29 is 9.90 Å². The Morgan fingerprint density at radius 1 is 1.38 bits per heavy atom. The molecular weight excluding hydrogens is 202 g/mol. The van der Waals surface area contributed by atoms with Crippen LogP contribution in [-0.2, 0) is 4.79 Å². The Morgan fingerprint density at radius 2 is 2.19 bits per heavy atom. The Morgan fingerprint density at radius 3 is 2.69 bits per heavy atom. The summed E-state index contributed by atoms with van der Waals surface area (Å²) in [6.45, 7) is 2.85. The highest BCUT2D eigenvalue weighted by molar-refractivity contribution is 5.80. The number of hydrogen-bond acceptors (Lipinski definition) is 2. The van der Waals surface area contributed by atoms with Crippen LogP contribution in [0.5, 0.6) is 0 Å². The highest BCUT2D eigenvalue weighted by Gasteiger charge is 2.24. The Kier molecular flexibility index (Phi) is 3.44. The summed E-state index contributed by atoms with van der Waals surface area (Å²) in [7, 11) is 0. The maximum atomic E-state index is 11.6. The molecule has 3 nitrogen and oxygen atoms in total. The molecule has 1 atom stereocenters. The van der Waals surface area contributed by atoms with Crippen molar-refractivity contribution in [2.75, 3.05) is 6.54 Å². The van der Waals surface area contributed by atoms with Gasteiger partial charge in [0, 0.05) is 18.7 Å². The predicted octanol–water partition coefficient (Wildman–Crippen LogP) is 1.98. The zero-order chi connectivity index (χ0) is 11.5.